The highest BCUT2D eigenvalue weighted by molar-refractivity contribution is 7.80. The number of thiol groups is 1. The summed E-state index contributed by atoms with van der Waals surface area (Å²) in [7, 11) is 2.20. The van der Waals surface area contributed by atoms with Crippen molar-refractivity contribution < 1.29 is 72.6 Å². The van der Waals surface area contributed by atoms with Crippen molar-refractivity contribution in [1.29, 1.82) is 0 Å². The number of carbonyl (C=O) groups is 8. The van der Waals surface area contributed by atoms with Gasteiger partial charge in [0, 0.05) is 44.6 Å². The van der Waals surface area contributed by atoms with Gasteiger partial charge in [0.05, 0.1) is 45.7 Å². The third-order valence-corrected chi connectivity index (χ3v) is 11.0. The molecule has 0 aromatic carbocycles. The lowest BCUT2D eigenvalue weighted by Crippen LogP contribution is -2.49. The van der Waals surface area contributed by atoms with Crippen LogP contribution < -0.4 is 31.7 Å². The topological polar surface area (TPSA) is 306 Å². The number of carbonyl (C=O) groups excluding carboxylic acids is 5. The largest absolute Gasteiger partial charge is 0.481 e. The van der Waals surface area contributed by atoms with Crippen LogP contribution in [0.2, 0.25) is 0 Å². The Balaban J connectivity index is 3.72. The number of carboxylic acids is 3. The van der Waals surface area contributed by atoms with E-state index in [1.165, 1.54) is 38.5 Å². The predicted molar refractivity (Wildman–Crippen MR) is 257 cm³/mol. The molecule has 23 heteroatoms. The molecule has 0 spiro atoms. The molecule has 0 aliphatic carbocycles. The van der Waals surface area contributed by atoms with Gasteiger partial charge < -0.3 is 60.9 Å². The second-order valence-electron chi connectivity index (χ2n) is 16.0. The lowest BCUT2D eigenvalue weighted by atomic mass is 10.0. The molecule has 0 bridgehead atoms. The second kappa shape index (κ2) is 44.8. The molecule has 4 atom stereocenters. The quantitative estimate of drug-likeness (QED) is 0.0238. The maximum Gasteiger partial charge on any atom is 0.326 e. The summed E-state index contributed by atoms with van der Waals surface area (Å²) in [6.45, 7) is 1.47. The van der Waals surface area contributed by atoms with Crippen molar-refractivity contribution in [3.05, 3.63) is 0 Å². The lowest BCUT2D eigenvalue weighted by molar-refractivity contribution is -0.142. The molecular weight excluding hydrogens is 916 g/mol. The summed E-state index contributed by atoms with van der Waals surface area (Å²) >= 11 is 4.05. The van der Waals surface area contributed by atoms with Gasteiger partial charge in [0.2, 0.25) is 29.5 Å². The van der Waals surface area contributed by atoms with Crippen molar-refractivity contribution in [3.63, 3.8) is 0 Å². The van der Waals surface area contributed by atoms with Crippen LogP contribution in [-0.2, 0) is 57.3 Å². The highest BCUT2D eigenvalue weighted by Crippen LogP contribution is 2.14. The number of unbranched alkanes of at least 4 members (excludes halogenated alkanes) is 14. The number of rotatable bonds is 48. The number of ether oxygens (including phenoxy) is 4. The van der Waals surface area contributed by atoms with Gasteiger partial charge in [-0.1, -0.05) is 86.4 Å². The van der Waals surface area contributed by atoms with Gasteiger partial charge in [-0.05, 0) is 38.5 Å². The Morgan fingerprint density at radius 1 is 0.433 bits per heavy atom. The molecule has 0 aliphatic heterocycles. The van der Waals surface area contributed by atoms with Crippen LogP contribution in [0.4, 0.5) is 0 Å². The second-order valence-corrected chi connectivity index (χ2v) is 16.7. The molecule has 0 radical (unpaired) electrons. The first-order valence-electron chi connectivity index (χ1n) is 23.8. The molecule has 67 heavy (non-hydrogen) atoms. The van der Waals surface area contributed by atoms with E-state index in [9.17, 15) is 48.6 Å². The van der Waals surface area contributed by atoms with Crippen LogP contribution in [0, 0.1) is 0 Å². The van der Waals surface area contributed by atoms with Crippen LogP contribution in [0.3, 0.4) is 0 Å². The van der Waals surface area contributed by atoms with Crippen LogP contribution >= 0.6 is 22.0 Å². The minimum Gasteiger partial charge on any atom is -0.481 e. The van der Waals surface area contributed by atoms with Gasteiger partial charge >= 0.3 is 17.9 Å². The average Bonchev–Trinajstić information content (AvgIpc) is 3.28. The number of hydrogen-bond acceptors (Lipinski definition) is 14. The van der Waals surface area contributed by atoms with Crippen molar-refractivity contribution in [2.45, 2.75) is 153 Å². The first-order valence-corrected chi connectivity index (χ1v) is 25.0. The maximum absolute atomic E-state index is 12.3. The highest BCUT2D eigenvalue weighted by Gasteiger charge is 2.24. The molecule has 0 saturated heterocycles. The van der Waals surface area contributed by atoms with E-state index in [4.69, 9.17) is 24.1 Å². The zero-order chi connectivity index (χ0) is 49.8. The monoisotopic (exact) mass is 997 g/mol. The van der Waals surface area contributed by atoms with Gasteiger partial charge in [-0.25, -0.2) is 9.59 Å². The van der Waals surface area contributed by atoms with E-state index in [-0.39, 0.29) is 127 Å². The van der Waals surface area contributed by atoms with Crippen LogP contribution in [0.1, 0.15) is 135 Å². The molecule has 5 amide bonds. The predicted octanol–water partition coefficient (Wildman–Crippen LogP) is 2.50. The first-order chi connectivity index (χ1) is 32.3. The summed E-state index contributed by atoms with van der Waals surface area (Å²) in [6, 6.07) is -2.83. The van der Waals surface area contributed by atoms with Crippen LogP contribution in [0.5, 0.6) is 0 Å². The SMILES string of the molecule is O=C(O)CCCCCCCCCCCCCCCCC(=O)N[C@@H](CCC(=O)NCCOCCOCC(=O)NCCOCCOCC(=O)NCCCC[C@H](NC(=O)C(CS)NP)C(=O)O)C(=O)O. The maximum atomic E-state index is 12.3. The fourth-order valence-electron chi connectivity index (χ4n) is 6.41. The third-order valence-electron chi connectivity index (χ3n) is 10.2. The number of amides is 5. The van der Waals surface area contributed by atoms with E-state index < -0.39 is 41.9 Å². The van der Waals surface area contributed by atoms with Gasteiger partial charge in [0.1, 0.15) is 25.3 Å². The first kappa shape index (κ1) is 63.3. The Bertz CT molecular complexity index is 1380. The van der Waals surface area contributed by atoms with Crippen molar-refractivity contribution in [1.82, 2.24) is 31.7 Å². The van der Waals surface area contributed by atoms with Gasteiger partial charge in [-0.15, -0.1) is 0 Å². The molecule has 0 heterocycles. The fraction of sp³-hybridized carbons (Fsp3) is 0.818. The van der Waals surface area contributed by atoms with Crippen molar-refractivity contribution in [2.75, 3.05) is 78.2 Å². The molecule has 0 aromatic rings. The van der Waals surface area contributed by atoms with Gasteiger partial charge in [0.15, 0.2) is 0 Å². The Kier molecular flexibility index (Phi) is 42.4. The van der Waals surface area contributed by atoms with Gasteiger partial charge in [0.25, 0.3) is 0 Å². The average molecular weight is 997 g/mol. The van der Waals surface area contributed by atoms with Gasteiger partial charge in [-0.3, -0.25) is 33.9 Å². The van der Waals surface area contributed by atoms with Gasteiger partial charge in [-0.2, -0.15) is 12.6 Å². The summed E-state index contributed by atoms with van der Waals surface area (Å²) < 4.78 is 21.3. The van der Waals surface area contributed by atoms with Crippen LogP contribution in [0.15, 0.2) is 0 Å². The van der Waals surface area contributed by atoms with E-state index in [1.54, 1.807) is 0 Å². The molecule has 0 aliphatic rings. The zero-order valence-electron chi connectivity index (χ0n) is 39.3. The van der Waals surface area contributed by atoms with E-state index in [2.05, 4.69) is 53.7 Å². The summed E-state index contributed by atoms with van der Waals surface area (Å²) in [6.07, 6.45) is 16.5. The van der Waals surface area contributed by atoms with Crippen molar-refractivity contribution in [3.8, 4) is 0 Å². The Labute approximate surface area is 403 Å². The Morgan fingerprint density at radius 3 is 1.33 bits per heavy atom. The van der Waals surface area contributed by atoms with Crippen molar-refractivity contribution in [2.24, 2.45) is 0 Å². The normalized spacial score (nSPS) is 12.4. The van der Waals surface area contributed by atoms with E-state index in [1.807, 2.05) is 0 Å². The zero-order valence-corrected chi connectivity index (χ0v) is 41.4. The van der Waals surface area contributed by atoms with Crippen LogP contribution in [-0.4, -0.2) is 159 Å². The standard InChI is InChI=1S/C44H81N6O15PS/c51-37(21-20-35(44(60)61)48-38(52)18-13-11-9-7-5-3-1-2-4-6-8-10-12-14-19-41(55)56)46-23-25-62-27-30-65-32-40(54)47-24-26-63-28-29-64-31-39(53)45-22-16-15-17-34(43(58)59)49-42(57)36(33-67)50-66/h34-36,50,67H,1-33,66H2,(H,45,53)(H,46,51)(H,47,54)(H,48,52)(H,49,57)(H,55,56)(H,58,59)(H,60,61)/t34-,35-,36?/m0/s1. The van der Waals surface area contributed by atoms with E-state index in [0.29, 0.717) is 25.8 Å². The molecule has 0 aromatic heterocycles. The number of hydrogen-bond donors (Lipinski definition) is 10. The minimum atomic E-state index is -1.19. The summed E-state index contributed by atoms with van der Waals surface area (Å²) in [5.41, 5.74) is 0. The lowest BCUT2D eigenvalue weighted by Gasteiger charge is -2.18. The molecule has 388 valence electrons. The molecular formula is C44H81N6O15PS. The highest BCUT2D eigenvalue weighted by atomic mass is 32.1. The fourth-order valence-corrected chi connectivity index (χ4v) is 7.15. The molecule has 2 unspecified atom stereocenters. The molecule has 21 nitrogen and oxygen atoms in total. The molecule has 0 rings (SSSR count). The number of carboxylic acid groups (broad SMARTS) is 3. The summed E-state index contributed by atoms with van der Waals surface area (Å²) in [4.78, 5) is 94.2. The minimum absolute atomic E-state index is 0.0396. The Hall–Kier alpha value is -3.66. The Morgan fingerprint density at radius 2 is 0.866 bits per heavy atom. The molecule has 9 N–H and O–H groups in total. The van der Waals surface area contributed by atoms with Crippen LogP contribution in [0.25, 0.3) is 0 Å². The molecule has 0 fully saturated rings. The van der Waals surface area contributed by atoms with Crippen molar-refractivity contribution >= 4 is 69.5 Å². The third kappa shape index (κ3) is 41.1. The summed E-state index contributed by atoms with van der Waals surface area (Å²) in [5.74, 6) is -4.71. The number of aliphatic carboxylic acids is 3. The van der Waals surface area contributed by atoms with E-state index >= 15 is 0 Å². The molecule has 0 saturated carbocycles. The summed E-state index contributed by atoms with van der Waals surface area (Å²) in [5, 5.41) is 43.2. The smallest absolute Gasteiger partial charge is 0.326 e. The number of nitrogens with one attached hydrogen (secondary N) is 6. The van der Waals surface area contributed by atoms with E-state index in [0.717, 1.165) is 44.9 Å².